The van der Waals surface area contributed by atoms with Gasteiger partial charge in [-0.25, -0.2) is 18.5 Å². The van der Waals surface area contributed by atoms with Crippen LogP contribution in [0.25, 0.3) is 17.1 Å². The van der Waals surface area contributed by atoms with Crippen LogP contribution in [0, 0.1) is 5.82 Å². The Kier molecular flexibility index (Phi) is 7.16. The summed E-state index contributed by atoms with van der Waals surface area (Å²) in [7, 11) is 0. The molecule has 1 fully saturated rings. The number of aromatic nitrogens is 3. The van der Waals surface area contributed by atoms with Crippen LogP contribution in [0.4, 0.5) is 28.3 Å². The van der Waals surface area contributed by atoms with Gasteiger partial charge in [0.1, 0.15) is 5.82 Å². The number of halogens is 5. The molecular weight excluding hydrogens is 506 g/mol. The molecular formula is C23H20ClF4N5O3. The summed E-state index contributed by atoms with van der Waals surface area (Å²) in [5.74, 6) is -0.942. The number of hydrogen-bond donors (Lipinski definition) is 0. The van der Waals surface area contributed by atoms with Gasteiger partial charge in [0.05, 0.1) is 23.4 Å². The van der Waals surface area contributed by atoms with Crippen molar-refractivity contribution >= 4 is 23.6 Å². The summed E-state index contributed by atoms with van der Waals surface area (Å²) in [6, 6.07) is 7.56. The van der Waals surface area contributed by atoms with E-state index in [-0.39, 0.29) is 60.8 Å². The highest BCUT2D eigenvalue weighted by Crippen LogP contribution is 2.31. The first-order valence-electron chi connectivity index (χ1n) is 10.9. The lowest BCUT2D eigenvalue weighted by atomic mass is 10.1. The summed E-state index contributed by atoms with van der Waals surface area (Å²) < 4.78 is 59.9. The number of benzene rings is 2. The summed E-state index contributed by atoms with van der Waals surface area (Å²) in [6.07, 6.45) is -5.03. The zero-order chi connectivity index (χ0) is 26.0. The second kappa shape index (κ2) is 10.1. The van der Waals surface area contributed by atoms with Gasteiger partial charge < -0.3 is 14.5 Å². The van der Waals surface area contributed by atoms with Crippen molar-refractivity contribution in [2.45, 2.75) is 13.1 Å². The van der Waals surface area contributed by atoms with Crippen LogP contribution in [0.1, 0.15) is 12.5 Å². The molecule has 0 bridgehead atoms. The fourth-order valence-corrected chi connectivity index (χ4v) is 3.88. The lowest BCUT2D eigenvalue weighted by molar-refractivity contribution is -0.137. The number of ether oxygens (including phenoxy) is 1. The zero-order valence-corrected chi connectivity index (χ0v) is 19.7. The average molecular weight is 526 g/mol. The monoisotopic (exact) mass is 525 g/mol. The van der Waals surface area contributed by atoms with Crippen LogP contribution in [0.15, 0.2) is 47.3 Å². The van der Waals surface area contributed by atoms with E-state index in [1.807, 2.05) is 0 Å². The third-order valence-corrected chi connectivity index (χ3v) is 5.75. The fraction of sp³-hybridized carbons (Fsp3) is 0.304. The molecule has 0 unspecified atom stereocenters. The van der Waals surface area contributed by atoms with Crippen molar-refractivity contribution in [3.05, 3.63) is 69.4 Å². The highest BCUT2D eigenvalue weighted by molar-refractivity contribution is 6.30. The van der Waals surface area contributed by atoms with Crippen LogP contribution in [-0.2, 0) is 10.9 Å². The highest BCUT2D eigenvalue weighted by atomic mass is 35.5. The summed E-state index contributed by atoms with van der Waals surface area (Å²) in [6.45, 7) is 3.07. The number of amides is 1. The molecule has 0 radical (unpaired) electrons. The molecule has 0 atom stereocenters. The molecule has 0 N–H and O–H groups in total. The lowest BCUT2D eigenvalue weighted by Crippen LogP contribution is -2.50. The highest BCUT2D eigenvalue weighted by Gasteiger charge is 2.30. The third-order valence-electron chi connectivity index (χ3n) is 5.52. The first-order valence-corrected chi connectivity index (χ1v) is 11.3. The molecule has 13 heteroatoms. The van der Waals surface area contributed by atoms with E-state index in [0.717, 1.165) is 34.9 Å². The normalized spacial score (nSPS) is 14.2. The SMILES string of the molecule is CCOC(=O)N1CCN(c2nc(-c3ccc(Cl)cc3F)n(-c3ccc(C(F)(F)F)cc3)c(=O)n2)CC1. The van der Waals surface area contributed by atoms with Gasteiger partial charge in [0.2, 0.25) is 5.95 Å². The van der Waals surface area contributed by atoms with Crippen molar-refractivity contribution in [1.29, 1.82) is 0 Å². The van der Waals surface area contributed by atoms with E-state index in [9.17, 15) is 27.2 Å². The van der Waals surface area contributed by atoms with Gasteiger partial charge in [-0.2, -0.15) is 23.1 Å². The van der Waals surface area contributed by atoms with E-state index >= 15 is 0 Å². The van der Waals surface area contributed by atoms with E-state index in [0.29, 0.717) is 0 Å². The number of alkyl halides is 3. The molecule has 36 heavy (non-hydrogen) atoms. The molecule has 1 saturated heterocycles. The summed E-state index contributed by atoms with van der Waals surface area (Å²) in [4.78, 5) is 36.7. The van der Waals surface area contributed by atoms with Crippen molar-refractivity contribution in [2.24, 2.45) is 0 Å². The number of carbonyl (C=O) groups excluding carboxylic acids is 1. The number of hydrogen-bond acceptors (Lipinski definition) is 6. The third kappa shape index (κ3) is 5.27. The molecule has 1 amide bonds. The van der Waals surface area contributed by atoms with Crippen molar-refractivity contribution in [3.8, 4) is 17.1 Å². The van der Waals surface area contributed by atoms with E-state index in [1.165, 1.54) is 17.0 Å². The molecule has 0 aliphatic carbocycles. The molecule has 1 aromatic heterocycles. The van der Waals surface area contributed by atoms with Crippen LogP contribution in [0.3, 0.4) is 0 Å². The number of anilines is 1. The minimum atomic E-state index is -4.57. The van der Waals surface area contributed by atoms with Gasteiger partial charge >= 0.3 is 18.0 Å². The first-order chi connectivity index (χ1) is 17.1. The van der Waals surface area contributed by atoms with E-state index in [4.69, 9.17) is 16.3 Å². The fourth-order valence-electron chi connectivity index (χ4n) is 3.72. The largest absolute Gasteiger partial charge is 0.450 e. The van der Waals surface area contributed by atoms with Crippen LogP contribution in [0.2, 0.25) is 5.02 Å². The predicted molar refractivity (Wildman–Crippen MR) is 124 cm³/mol. The Labute approximate surface area is 207 Å². The maximum Gasteiger partial charge on any atom is 0.416 e. The Morgan fingerprint density at radius 2 is 1.72 bits per heavy atom. The Hall–Kier alpha value is -3.67. The summed E-state index contributed by atoms with van der Waals surface area (Å²) >= 11 is 5.87. The van der Waals surface area contributed by atoms with Crippen LogP contribution in [0.5, 0.6) is 0 Å². The molecule has 2 aromatic carbocycles. The predicted octanol–water partition coefficient (Wildman–Crippen LogP) is 4.38. The minimum absolute atomic E-state index is 0.00368. The van der Waals surface area contributed by atoms with Gasteiger partial charge in [-0.1, -0.05) is 11.6 Å². The van der Waals surface area contributed by atoms with Crippen LogP contribution in [-0.4, -0.2) is 58.3 Å². The van der Waals surface area contributed by atoms with Gasteiger partial charge in [-0.15, -0.1) is 0 Å². The number of carbonyl (C=O) groups is 1. The Morgan fingerprint density at radius 1 is 1.06 bits per heavy atom. The molecule has 2 heterocycles. The van der Waals surface area contributed by atoms with Gasteiger partial charge in [0.15, 0.2) is 5.82 Å². The molecule has 190 valence electrons. The smallest absolute Gasteiger partial charge is 0.416 e. The summed E-state index contributed by atoms with van der Waals surface area (Å²) in [5, 5.41) is 0.115. The molecule has 4 rings (SSSR count). The molecule has 0 spiro atoms. The molecule has 8 nitrogen and oxygen atoms in total. The molecule has 1 aliphatic heterocycles. The standard InChI is InChI=1S/C23H20ClF4N5O3/c1-2-36-22(35)32-11-9-31(10-12-32)20-29-19(17-8-5-15(24)13-18(17)25)33(21(34)30-20)16-6-3-14(4-7-16)23(26,27)28/h3-8,13H,2,9-12H2,1H3. The maximum atomic E-state index is 14.9. The number of rotatable bonds is 4. The Bertz CT molecular complexity index is 1320. The van der Waals surface area contributed by atoms with Crippen molar-refractivity contribution in [2.75, 3.05) is 37.7 Å². The van der Waals surface area contributed by atoms with Crippen molar-refractivity contribution in [1.82, 2.24) is 19.4 Å². The minimum Gasteiger partial charge on any atom is -0.450 e. The van der Waals surface area contributed by atoms with Crippen molar-refractivity contribution in [3.63, 3.8) is 0 Å². The van der Waals surface area contributed by atoms with Gasteiger partial charge in [0, 0.05) is 31.2 Å². The van der Waals surface area contributed by atoms with E-state index < -0.39 is 29.3 Å². The number of nitrogens with zero attached hydrogens (tertiary/aromatic N) is 5. The maximum absolute atomic E-state index is 14.9. The second-order valence-corrected chi connectivity index (χ2v) is 8.24. The van der Waals surface area contributed by atoms with Gasteiger partial charge in [0.25, 0.3) is 0 Å². The first kappa shape index (κ1) is 25.4. The summed E-state index contributed by atoms with van der Waals surface area (Å²) in [5.41, 5.74) is -1.84. The Balaban J connectivity index is 1.76. The van der Waals surface area contributed by atoms with Crippen LogP contribution >= 0.6 is 11.6 Å². The van der Waals surface area contributed by atoms with E-state index in [1.54, 1.807) is 11.8 Å². The molecule has 3 aromatic rings. The van der Waals surface area contributed by atoms with Crippen molar-refractivity contribution < 1.29 is 27.1 Å². The average Bonchev–Trinajstić information content (AvgIpc) is 2.83. The molecule has 1 aliphatic rings. The van der Waals surface area contributed by atoms with E-state index in [2.05, 4.69) is 9.97 Å². The topological polar surface area (TPSA) is 80.6 Å². The second-order valence-electron chi connectivity index (χ2n) is 7.81. The quantitative estimate of drug-likeness (QED) is 0.470. The zero-order valence-electron chi connectivity index (χ0n) is 18.9. The molecule has 0 saturated carbocycles. The van der Waals surface area contributed by atoms with Gasteiger partial charge in [-0.05, 0) is 49.4 Å². The Morgan fingerprint density at radius 3 is 2.31 bits per heavy atom. The van der Waals surface area contributed by atoms with Gasteiger partial charge in [-0.3, -0.25) is 0 Å². The lowest BCUT2D eigenvalue weighted by Gasteiger charge is -2.34. The van der Waals surface area contributed by atoms with Crippen LogP contribution < -0.4 is 10.6 Å². The number of piperazine rings is 1.